The van der Waals surface area contributed by atoms with Gasteiger partial charge in [0.15, 0.2) is 34.7 Å². The molecule has 0 bridgehead atoms. The lowest BCUT2D eigenvalue weighted by atomic mass is 9.89. The molecule has 2 unspecified atom stereocenters. The van der Waals surface area contributed by atoms with Crippen molar-refractivity contribution in [1.29, 1.82) is 0 Å². The Morgan fingerprint density at radius 3 is 1.18 bits per heavy atom. The van der Waals surface area contributed by atoms with E-state index in [0.29, 0.717) is 0 Å². The van der Waals surface area contributed by atoms with Crippen LogP contribution in [0.25, 0.3) is 0 Å². The first-order valence-electron chi connectivity index (χ1n) is 18.0. The Morgan fingerprint density at radius 2 is 0.891 bits per heavy atom. The SMILES string of the molecule is CC(C)C[C@H](NC(=O)OC(C)(C)C)C(=O)C1C(=O)c2ccc(S(=O)(=O)c3ccc4c(c3)C(=O)C(C(=O)[C@H](CC(C)C)NC(=O)OC(C)(C)C)C4=O)cc2C1=O. The number of hydrogen-bond acceptors (Lipinski definition) is 12. The highest BCUT2D eigenvalue weighted by Crippen LogP contribution is 2.35. The van der Waals surface area contributed by atoms with Gasteiger partial charge in [-0.2, -0.15) is 0 Å². The van der Waals surface area contributed by atoms with Gasteiger partial charge in [-0.15, -0.1) is 0 Å². The zero-order valence-electron chi connectivity index (χ0n) is 32.6. The van der Waals surface area contributed by atoms with Gasteiger partial charge in [0, 0.05) is 22.3 Å². The maximum Gasteiger partial charge on any atom is 0.408 e. The normalized spacial score (nSPS) is 18.2. The lowest BCUT2D eigenvalue weighted by molar-refractivity contribution is -0.123. The smallest absolute Gasteiger partial charge is 0.408 e. The third kappa shape index (κ3) is 9.43. The molecule has 0 aliphatic heterocycles. The minimum Gasteiger partial charge on any atom is -0.444 e. The summed E-state index contributed by atoms with van der Waals surface area (Å²) in [5.74, 6) is -9.20. The van der Waals surface area contributed by atoms with Gasteiger partial charge in [0.25, 0.3) is 0 Å². The zero-order chi connectivity index (χ0) is 41.5. The Morgan fingerprint density at radius 1 is 0.582 bits per heavy atom. The average molecular weight is 781 g/mol. The van der Waals surface area contributed by atoms with Crippen LogP contribution in [0.15, 0.2) is 46.2 Å². The van der Waals surface area contributed by atoms with E-state index in [9.17, 15) is 46.8 Å². The van der Waals surface area contributed by atoms with E-state index in [1.807, 2.05) is 0 Å². The van der Waals surface area contributed by atoms with Crippen LogP contribution in [-0.2, 0) is 28.9 Å². The minimum absolute atomic E-state index is 0.0930. The van der Waals surface area contributed by atoms with Gasteiger partial charge in [-0.1, -0.05) is 27.7 Å². The van der Waals surface area contributed by atoms with E-state index >= 15 is 0 Å². The van der Waals surface area contributed by atoms with Crippen LogP contribution in [0.3, 0.4) is 0 Å². The summed E-state index contributed by atoms with van der Waals surface area (Å²) in [4.78, 5) is 106. The fraction of sp³-hybridized carbons (Fsp3) is 0.500. The Labute approximate surface area is 320 Å². The average Bonchev–Trinajstić information content (AvgIpc) is 3.44. The number of carbonyl (C=O) groups excluding carboxylic acids is 8. The summed E-state index contributed by atoms with van der Waals surface area (Å²) in [6.07, 6.45) is -1.63. The van der Waals surface area contributed by atoms with Crippen molar-refractivity contribution in [2.75, 3.05) is 0 Å². The molecule has 2 amide bonds. The van der Waals surface area contributed by atoms with E-state index < -0.39 is 102 Å². The molecule has 0 aromatic heterocycles. The summed E-state index contributed by atoms with van der Waals surface area (Å²) in [6, 6.07) is 3.87. The van der Waals surface area contributed by atoms with E-state index in [1.165, 1.54) is 0 Å². The summed E-state index contributed by atoms with van der Waals surface area (Å²) in [5.41, 5.74) is -2.73. The Hall–Kier alpha value is -5.05. The Balaban J connectivity index is 1.62. The van der Waals surface area contributed by atoms with Crippen LogP contribution in [0.2, 0.25) is 0 Å². The monoisotopic (exact) mass is 780 g/mol. The van der Waals surface area contributed by atoms with Crippen molar-refractivity contribution in [2.24, 2.45) is 23.7 Å². The van der Waals surface area contributed by atoms with Crippen molar-refractivity contribution in [2.45, 2.75) is 115 Å². The van der Waals surface area contributed by atoms with E-state index in [2.05, 4.69) is 10.6 Å². The second-order valence-electron chi connectivity index (χ2n) is 16.7. The summed E-state index contributed by atoms with van der Waals surface area (Å²) in [7, 11) is -4.51. The highest BCUT2D eigenvalue weighted by atomic mass is 32.2. The van der Waals surface area contributed by atoms with Crippen LogP contribution in [0, 0.1) is 23.7 Å². The summed E-state index contributed by atoms with van der Waals surface area (Å²) < 4.78 is 38.4. The summed E-state index contributed by atoms with van der Waals surface area (Å²) in [5, 5.41) is 4.93. The van der Waals surface area contributed by atoms with Crippen LogP contribution >= 0.6 is 0 Å². The van der Waals surface area contributed by atoms with Gasteiger partial charge < -0.3 is 20.1 Å². The first-order chi connectivity index (χ1) is 25.2. The third-order valence-corrected chi connectivity index (χ3v) is 10.5. The number of Topliss-reactive ketones (excluding diaryl/α,β-unsaturated/α-hetero) is 6. The fourth-order valence-corrected chi connectivity index (χ4v) is 7.78. The molecule has 0 fully saturated rings. The first kappa shape index (κ1) is 42.7. The number of benzene rings is 2. The predicted octanol–water partition coefficient (Wildman–Crippen LogP) is 5.53. The van der Waals surface area contributed by atoms with Crippen molar-refractivity contribution < 1.29 is 56.2 Å². The van der Waals surface area contributed by atoms with E-state index in [4.69, 9.17) is 9.47 Å². The summed E-state index contributed by atoms with van der Waals surface area (Å²) in [6.45, 7) is 16.9. The molecule has 2 aliphatic rings. The van der Waals surface area contributed by atoms with E-state index in [-0.39, 0.29) is 46.9 Å². The zero-order valence-corrected chi connectivity index (χ0v) is 33.5. The van der Waals surface area contributed by atoms with Crippen LogP contribution in [-0.4, -0.2) is 78.6 Å². The van der Waals surface area contributed by atoms with Crippen molar-refractivity contribution in [3.05, 3.63) is 58.7 Å². The molecule has 0 spiro atoms. The van der Waals surface area contributed by atoms with Gasteiger partial charge in [0.1, 0.15) is 23.0 Å². The molecule has 0 heterocycles. The molecule has 2 N–H and O–H groups in total. The molecule has 2 aliphatic carbocycles. The van der Waals surface area contributed by atoms with Crippen LogP contribution in [0.5, 0.6) is 0 Å². The maximum absolute atomic E-state index is 13.9. The van der Waals surface area contributed by atoms with Crippen LogP contribution in [0.1, 0.15) is 124 Å². The van der Waals surface area contributed by atoms with Crippen LogP contribution in [0.4, 0.5) is 9.59 Å². The molecule has 0 saturated carbocycles. The number of hydrogen-bond donors (Lipinski definition) is 2. The fourth-order valence-electron chi connectivity index (χ4n) is 6.47. The lowest BCUT2D eigenvalue weighted by Crippen LogP contribution is -2.48. The maximum atomic E-state index is 13.9. The number of fused-ring (bicyclic) bond motifs is 2. The van der Waals surface area contributed by atoms with Gasteiger partial charge in [0.2, 0.25) is 9.84 Å². The quantitative estimate of drug-likeness (QED) is 0.255. The van der Waals surface area contributed by atoms with Gasteiger partial charge in [-0.3, -0.25) is 28.8 Å². The first-order valence-corrected chi connectivity index (χ1v) is 19.5. The van der Waals surface area contributed by atoms with Crippen LogP contribution < -0.4 is 10.6 Å². The van der Waals surface area contributed by atoms with Crippen molar-refractivity contribution >= 4 is 56.7 Å². The van der Waals surface area contributed by atoms with Crippen molar-refractivity contribution in [3.63, 3.8) is 0 Å². The molecular formula is C40H48N2O12S. The van der Waals surface area contributed by atoms with Crippen molar-refractivity contribution in [3.8, 4) is 0 Å². The molecule has 296 valence electrons. The number of amides is 2. The molecule has 14 nitrogen and oxygen atoms in total. The lowest BCUT2D eigenvalue weighted by Gasteiger charge is -2.25. The molecular weight excluding hydrogens is 733 g/mol. The second-order valence-corrected chi connectivity index (χ2v) is 18.7. The molecule has 15 heteroatoms. The Bertz CT molecular complexity index is 1940. The number of ketones is 6. The molecule has 0 saturated heterocycles. The molecule has 4 atom stereocenters. The molecule has 2 aromatic carbocycles. The number of nitrogens with one attached hydrogen (secondary N) is 2. The molecule has 4 rings (SSSR count). The van der Waals surface area contributed by atoms with Gasteiger partial charge >= 0.3 is 12.2 Å². The Kier molecular flexibility index (Phi) is 12.1. The van der Waals surface area contributed by atoms with Gasteiger partial charge in [0.05, 0.1) is 21.9 Å². The van der Waals surface area contributed by atoms with Gasteiger partial charge in [-0.25, -0.2) is 18.0 Å². The number of ether oxygens (including phenoxy) is 2. The van der Waals surface area contributed by atoms with E-state index in [0.717, 1.165) is 36.4 Å². The van der Waals surface area contributed by atoms with Gasteiger partial charge in [-0.05, 0) is 103 Å². The molecule has 55 heavy (non-hydrogen) atoms. The predicted molar refractivity (Wildman–Crippen MR) is 198 cm³/mol. The number of sulfone groups is 1. The molecule has 2 aromatic rings. The standard InChI is InChI=1S/C40H48N2O12S/c1-19(2)15-27(41-37(49)53-39(5,6)7)35(47)29-31(43)23-13-11-21(17-25(23)33(29)45)55(51,52)22-12-14-24-26(18-22)34(46)30(32(24)44)36(48)28(16-20(3)4)42-38(50)54-40(8,9)10/h11-14,17-20,27-30H,15-16H2,1-10H3,(H,41,49)(H,42,50)/t27-,28-,29?,30?/m0/s1. The summed E-state index contributed by atoms with van der Waals surface area (Å²) >= 11 is 0. The highest BCUT2D eigenvalue weighted by molar-refractivity contribution is 7.91. The number of alkyl carbamates (subject to hydrolysis) is 2. The van der Waals surface area contributed by atoms with E-state index in [1.54, 1.807) is 69.2 Å². The third-order valence-electron chi connectivity index (χ3n) is 8.77. The molecule has 0 radical (unpaired) electrons. The highest BCUT2D eigenvalue weighted by Gasteiger charge is 2.48. The number of carbonyl (C=O) groups is 8. The largest absolute Gasteiger partial charge is 0.444 e. The minimum atomic E-state index is -4.51. The second kappa shape index (κ2) is 15.6. The topological polar surface area (TPSA) is 213 Å². The van der Waals surface area contributed by atoms with Crippen molar-refractivity contribution in [1.82, 2.24) is 10.6 Å². The number of rotatable bonds is 12.